The van der Waals surface area contributed by atoms with Crippen LogP contribution in [0.3, 0.4) is 0 Å². The highest BCUT2D eigenvalue weighted by Gasteiger charge is 2.32. The molecule has 1 heterocycles. The summed E-state index contributed by atoms with van der Waals surface area (Å²) in [5, 5.41) is 8.26. The van der Waals surface area contributed by atoms with Crippen LogP contribution in [0.25, 0.3) is 0 Å². The molecule has 0 fully saturated rings. The summed E-state index contributed by atoms with van der Waals surface area (Å²) in [5.41, 5.74) is 0.488. The zero-order chi connectivity index (χ0) is 10.2. The van der Waals surface area contributed by atoms with Gasteiger partial charge in [-0.15, -0.1) is 0 Å². The minimum atomic E-state index is -3.41. The molecule has 14 heavy (non-hydrogen) atoms. The van der Waals surface area contributed by atoms with Crippen LogP contribution in [-0.4, -0.2) is 6.61 Å². The number of halogens is 2. The lowest BCUT2D eigenvalue weighted by Crippen LogP contribution is -2.09. The number of hydrogen-bond acceptors (Lipinski definition) is 2. The van der Waals surface area contributed by atoms with E-state index in [1.165, 1.54) is 18.2 Å². The van der Waals surface area contributed by atoms with Crippen LogP contribution in [0, 0.1) is 11.3 Å². The van der Waals surface area contributed by atoms with Crippen molar-refractivity contribution in [2.24, 2.45) is 0 Å². The number of alkyl halides is 2. The SMILES string of the molecule is N#CC(F)(F)c1ccc2c(c1)CCO2. The molecule has 0 atom stereocenters. The number of rotatable bonds is 1. The molecule has 2 rings (SSSR count). The quantitative estimate of drug-likeness (QED) is 0.688. The molecule has 1 aromatic carbocycles. The van der Waals surface area contributed by atoms with Gasteiger partial charge in [-0.05, 0) is 23.8 Å². The van der Waals surface area contributed by atoms with Crippen LogP contribution < -0.4 is 4.74 Å². The summed E-state index contributed by atoms with van der Waals surface area (Å²) in [4.78, 5) is 0. The molecule has 0 bridgehead atoms. The maximum absolute atomic E-state index is 13.0. The van der Waals surface area contributed by atoms with Crippen molar-refractivity contribution in [2.45, 2.75) is 12.3 Å². The highest BCUT2D eigenvalue weighted by Crippen LogP contribution is 2.33. The van der Waals surface area contributed by atoms with Gasteiger partial charge in [-0.2, -0.15) is 14.0 Å². The second kappa shape index (κ2) is 2.95. The molecule has 0 N–H and O–H groups in total. The molecule has 2 nitrogen and oxygen atoms in total. The van der Waals surface area contributed by atoms with E-state index in [0.29, 0.717) is 18.8 Å². The Morgan fingerprint density at radius 2 is 2.21 bits per heavy atom. The molecule has 0 saturated carbocycles. The Bertz CT molecular complexity index is 409. The zero-order valence-corrected chi connectivity index (χ0v) is 7.26. The summed E-state index contributed by atoms with van der Waals surface area (Å²) in [7, 11) is 0. The molecule has 0 aliphatic carbocycles. The normalized spacial score (nSPS) is 14.4. The third kappa shape index (κ3) is 1.31. The van der Waals surface area contributed by atoms with E-state index in [4.69, 9.17) is 10.00 Å². The number of nitrogens with zero attached hydrogens (tertiary/aromatic N) is 1. The van der Waals surface area contributed by atoms with Gasteiger partial charge in [-0.1, -0.05) is 0 Å². The molecule has 0 aromatic heterocycles. The van der Waals surface area contributed by atoms with Crippen LogP contribution >= 0.6 is 0 Å². The summed E-state index contributed by atoms with van der Waals surface area (Å²) in [6, 6.07) is 5.03. The third-order valence-electron chi connectivity index (χ3n) is 2.19. The third-order valence-corrected chi connectivity index (χ3v) is 2.19. The van der Waals surface area contributed by atoms with Gasteiger partial charge < -0.3 is 4.74 Å². The molecule has 1 aliphatic heterocycles. The van der Waals surface area contributed by atoms with E-state index in [-0.39, 0.29) is 5.56 Å². The first-order valence-corrected chi connectivity index (χ1v) is 4.19. The lowest BCUT2D eigenvalue weighted by molar-refractivity contribution is 0.0612. The van der Waals surface area contributed by atoms with Crippen molar-refractivity contribution in [1.82, 2.24) is 0 Å². The van der Waals surface area contributed by atoms with Crippen molar-refractivity contribution < 1.29 is 13.5 Å². The largest absolute Gasteiger partial charge is 0.493 e. The molecule has 0 spiro atoms. The van der Waals surface area contributed by atoms with Crippen molar-refractivity contribution in [1.29, 1.82) is 5.26 Å². The second-order valence-electron chi connectivity index (χ2n) is 3.11. The van der Waals surface area contributed by atoms with Gasteiger partial charge in [0.25, 0.3) is 0 Å². The maximum Gasteiger partial charge on any atom is 0.357 e. The Balaban J connectivity index is 2.44. The summed E-state index contributed by atoms with van der Waals surface area (Å²) < 4.78 is 31.1. The predicted molar refractivity (Wildman–Crippen MR) is 45.1 cm³/mol. The fraction of sp³-hybridized carbons (Fsp3) is 0.300. The molecule has 0 amide bonds. The van der Waals surface area contributed by atoms with E-state index in [1.54, 1.807) is 0 Å². The molecule has 0 saturated heterocycles. The molecular weight excluding hydrogens is 188 g/mol. The van der Waals surface area contributed by atoms with E-state index < -0.39 is 5.92 Å². The van der Waals surface area contributed by atoms with Gasteiger partial charge in [0.15, 0.2) is 0 Å². The smallest absolute Gasteiger partial charge is 0.357 e. The minimum Gasteiger partial charge on any atom is -0.493 e. The van der Waals surface area contributed by atoms with Crippen LogP contribution in [-0.2, 0) is 12.3 Å². The standard InChI is InChI=1S/C10H7F2NO/c11-10(12,6-13)8-1-2-9-7(5-8)3-4-14-9/h1-2,5H,3-4H2. The van der Waals surface area contributed by atoms with Crippen molar-refractivity contribution in [2.75, 3.05) is 6.61 Å². The highest BCUT2D eigenvalue weighted by molar-refractivity contribution is 5.42. The first-order valence-electron chi connectivity index (χ1n) is 4.19. The van der Waals surface area contributed by atoms with Crippen molar-refractivity contribution in [3.63, 3.8) is 0 Å². The van der Waals surface area contributed by atoms with E-state index in [1.807, 2.05) is 0 Å². The van der Waals surface area contributed by atoms with Gasteiger partial charge in [0.05, 0.1) is 6.61 Å². The lowest BCUT2D eigenvalue weighted by Gasteiger charge is -2.08. The van der Waals surface area contributed by atoms with Gasteiger partial charge in [-0.25, -0.2) is 0 Å². The second-order valence-corrected chi connectivity index (χ2v) is 3.11. The first-order chi connectivity index (χ1) is 6.63. The molecule has 4 heteroatoms. The summed E-state index contributed by atoms with van der Waals surface area (Å²) in [6.07, 6.45) is 0.630. The fourth-order valence-electron chi connectivity index (χ4n) is 1.45. The molecular formula is C10H7F2NO. The number of ether oxygens (including phenoxy) is 1. The Hall–Kier alpha value is -1.63. The Morgan fingerprint density at radius 3 is 2.93 bits per heavy atom. The molecule has 1 aromatic rings. The maximum atomic E-state index is 13.0. The van der Waals surface area contributed by atoms with E-state index in [9.17, 15) is 8.78 Å². The summed E-state index contributed by atoms with van der Waals surface area (Å²) >= 11 is 0. The number of benzene rings is 1. The molecule has 0 unspecified atom stereocenters. The van der Waals surface area contributed by atoms with Crippen molar-refractivity contribution in [3.05, 3.63) is 29.3 Å². The zero-order valence-electron chi connectivity index (χ0n) is 7.26. The molecule has 0 radical (unpaired) electrons. The van der Waals surface area contributed by atoms with Gasteiger partial charge in [-0.3, -0.25) is 0 Å². The van der Waals surface area contributed by atoms with Crippen molar-refractivity contribution in [3.8, 4) is 11.8 Å². The lowest BCUT2D eigenvalue weighted by atomic mass is 10.0. The van der Waals surface area contributed by atoms with Gasteiger partial charge in [0, 0.05) is 12.0 Å². The van der Waals surface area contributed by atoms with Crippen LogP contribution in [0.15, 0.2) is 18.2 Å². The van der Waals surface area contributed by atoms with Crippen LogP contribution in [0.1, 0.15) is 11.1 Å². The van der Waals surface area contributed by atoms with E-state index in [2.05, 4.69) is 0 Å². The van der Waals surface area contributed by atoms with E-state index in [0.717, 1.165) is 11.6 Å². The van der Waals surface area contributed by atoms with Crippen LogP contribution in [0.2, 0.25) is 0 Å². The van der Waals surface area contributed by atoms with Gasteiger partial charge >= 0.3 is 5.92 Å². The highest BCUT2D eigenvalue weighted by atomic mass is 19.3. The predicted octanol–water partition coefficient (Wildman–Crippen LogP) is 2.24. The molecule has 72 valence electrons. The topological polar surface area (TPSA) is 33.0 Å². The average molecular weight is 195 g/mol. The Morgan fingerprint density at radius 1 is 1.43 bits per heavy atom. The van der Waals surface area contributed by atoms with Crippen LogP contribution in [0.5, 0.6) is 5.75 Å². The minimum absolute atomic E-state index is 0.260. The Kier molecular flexibility index (Phi) is 1.88. The van der Waals surface area contributed by atoms with Gasteiger partial charge in [0.1, 0.15) is 11.8 Å². The first kappa shape index (κ1) is 8.95. The Labute approximate surface area is 79.7 Å². The average Bonchev–Trinajstić information content (AvgIpc) is 2.64. The fourth-order valence-corrected chi connectivity index (χ4v) is 1.45. The molecule has 1 aliphatic rings. The van der Waals surface area contributed by atoms with Gasteiger partial charge in [0.2, 0.25) is 0 Å². The summed E-state index contributed by atoms with van der Waals surface area (Å²) in [6.45, 7) is 0.525. The number of nitriles is 1. The number of fused-ring (bicyclic) bond motifs is 1. The van der Waals surface area contributed by atoms with E-state index >= 15 is 0 Å². The van der Waals surface area contributed by atoms with Crippen LogP contribution in [0.4, 0.5) is 8.78 Å². The summed E-state index contributed by atoms with van der Waals surface area (Å²) in [5.74, 6) is -2.76. The number of hydrogen-bond donors (Lipinski definition) is 0. The van der Waals surface area contributed by atoms with Crippen molar-refractivity contribution >= 4 is 0 Å². The monoisotopic (exact) mass is 195 g/mol.